The van der Waals surface area contributed by atoms with Gasteiger partial charge in [0.2, 0.25) is 11.8 Å². The Morgan fingerprint density at radius 1 is 1.03 bits per heavy atom. The zero-order chi connectivity index (χ0) is 26.5. The van der Waals surface area contributed by atoms with Gasteiger partial charge in [-0.3, -0.25) is 14.5 Å². The predicted molar refractivity (Wildman–Crippen MR) is 147 cm³/mol. The third-order valence-electron chi connectivity index (χ3n) is 6.28. The first-order valence-electron chi connectivity index (χ1n) is 12.2. The molecule has 3 aromatic carbocycles. The highest BCUT2D eigenvalue weighted by atomic mass is 35.5. The Morgan fingerprint density at radius 2 is 1.76 bits per heavy atom. The minimum atomic E-state index is -0.954. The molecule has 0 saturated carbocycles. The Kier molecular flexibility index (Phi) is 7.51. The summed E-state index contributed by atoms with van der Waals surface area (Å²) in [6.07, 6.45) is 2.44. The van der Waals surface area contributed by atoms with Gasteiger partial charge in [0.15, 0.2) is 5.82 Å². The summed E-state index contributed by atoms with van der Waals surface area (Å²) in [5.74, 6) is -0.103. The van der Waals surface area contributed by atoms with Gasteiger partial charge in [-0.15, -0.1) is 11.6 Å². The number of amides is 2. The van der Waals surface area contributed by atoms with E-state index in [9.17, 15) is 9.59 Å². The van der Waals surface area contributed by atoms with Crippen molar-refractivity contribution in [2.75, 3.05) is 17.3 Å². The molecule has 8 nitrogen and oxygen atoms in total. The molecule has 2 amide bonds. The Bertz CT molecular complexity index is 1550. The topological polar surface area (TPSA) is 104 Å². The molecule has 192 valence electrons. The smallest absolute Gasteiger partial charge is 0.257 e. The maximum Gasteiger partial charge on any atom is 0.257 e. The molecule has 9 heteroatoms. The van der Waals surface area contributed by atoms with Crippen LogP contribution in [0.1, 0.15) is 23.0 Å². The third-order valence-corrected chi connectivity index (χ3v) is 6.51. The van der Waals surface area contributed by atoms with Gasteiger partial charge in [0.25, 0.3) is 5.89 Å². The zero-order valence-corrected chi connectivity index (χ0v) is 21.5. The minimum Gasteiger partial charge on any atom is -0.361 e. The fraction of sp³-hybridized carbons (Fsp3) is 0.172. The van der Waals surface area contributed by atoms with E-state index in [1.54, 1.807) is 37.4 Å². The first-order valence-corrected chi connectivity index (χ1v) is 12.7. The highest BCUT2D eigenvalue weighted by Crippen LogP contribution is 2.34. The highest BCUT2D eigenvalue weighted by molar-refractivity contribution is 6.30. The second-order valence-electron chi connectivity index (χ2n) is 8.81. The van der Waals surface area contributed by atoms with Crippen molar-refractivity contribution >= 4 is 40.0 Å². The summed E-state index contributed by atoms with van der Waals surface area (Å²) >= 11 is 6.08. The lowest BCUT2D eigenvalue weighted by Crippen LogP contribution is -2.45. The maximum absolute atomic E-state index is 13.8. The number of aryl methyl sites for hydroxylation is 1. The van der Waals surface area contributed by atoms with Crippen LogP contribution in [0.15, 0.2) is 89.6 Å². The second kappa shape index (κ2) is 11.3. The number of carbonyl (C=O) groups is 2. The van der Waals surface area contributed by atoms with Crippen molar-refractivity contribution in [3.05, 3.63) is 102 Å². The molecule has 1 unspecified atom stereocenters. The van der Waals surface area contributed by atoms with E-state index in [0.29, 0.717) is 41.5 Å². The molecule has 2 heterocycles. The molecule has 1 atom stereocenters. The minimum absolute atomic E-state index is 0.291. The molecule has 0 spiro atoms. The summed E-state index contributed by atoms with van der Waals surface area (Å²) < 4.78 is 5.26. The number of rotatable bonds is 9. The molecule has 0 aliphatic heterocycles. The van der Waals surface area contributed by atoms with Crippen LogP contribution in [-0.4, -0.2) is 39.4 Å². The number of benzene rings is 3. The number of hydrogen-bond acceptors (Lipinski definition) is 5. The molecule has 0 aliphatic rings. The van der Waals surface area contributed by atoms with Gasteiger partial charge in [0.1, 0.15) is 11.9 Å². The number of aromatic nitrogens is 3. The van der Waals surface area contributed by atoms with Crippen LogP contribution in [0.3, 0.4) is 0 Å². The maximum atomic E-state index is 13.8. The fourth-order valence-corrected chi connectivity index (χ4v) is 4.60. The molecule has 0 bridgehead atoms. The molecule has 0 radical (unpaired) electrons. The Labute approximate surface area is 224 Å². The number of para-hydroxylation sites is 1. The van der Waals surface area contributed by atoms with Crippen LogP contribution in [-0.2, 0) is 16.0 Å². The van der Waals surface area contributed by atoms with E-state index in [-0.39, 0.29) is 11.8 Å². The number of aromatic amines is 1. The van der Waals surface area contributed by atoms with Crippen LogP contribution < -0.4 is 10.2 Å². The van der Waals surface area contributed by atoms with E-state index in [1.165, 1.54) is 4.90 Å². The molecular weight excluding hydrogens is 502 g/mol. The van der Waals surface area contributed by atoms with Crippen LogP contribution >= 0.6 is 11.6 Å². The van der Waals surface area contributed by atoms with Crippen molar-refractivity contribution in [1.29, 1.82) is 0 Å². The average Bonchev–Trinajstić information content (AvgIpc) is 3.58. The number of anilines is 1. The molecule has 0 aliphatic carbocycles. The normalized spacial score (nSPS) is 11.8. The molecule has 38 heavy (non-hydrogen) atoms. The Balaban J connectivity index is 1.51. The molecule has 2 N–H and O–H groups in total. The van der Waals surface area contributed by atoms with E-state index in [1.807, 2.05) is 54.6 Å². The SMILES string of the molecule is Cc1noc(-c2ccc(N(C(=O)CCl)C(C(=O)NCCc3ccccc3)c3c[nH]c4ccccc34)cc2)n1. The van der Waals surface area contributed by atoms with E-state index in [4.69, 9.17) is 16.1 Å². The lowest BCUT2D eigenvalue weighted by molar-refractivity contribution is -0.125. The number of fused-ring (bicyclic) bond motifs is 1. The largest absolute Gasteiger partial charge is 0.361 e. The Hall–Kier alpha value is -4.43. The first kappa shape index (κ1) is 25.2. The third kappa shape index (κ3) is 5.31. The van der Waals surface area contributed by atoms with Gasteiger partial charge in [0.05, 0.1) is 0 Å². The van der Waals surface area contributed by atoms with Crippen molar-refractivity contribution in [3.63, 3.8) is 0 Å². The summed E-state index contributed by atoms with van der Waals surface area (Å²) in [7, 11) is 0. The van der Waals surface area contributed by atoms with Crippen LogP contribution in [0.2, 0.25) is 0 Å². The van der Waals surface area contributed by atoms with Crippen LogP contribution in [0.25, 0.3) is 22.4 Å². The zero-order valence-electron chi connectivity index (χ0n) is 20.7. The molecule has 0 saturated heterocycles. The number of halogens is 1. The van der Waals surface area contributed by atoms with Crippen molar-refractivity contribution in [2.24, 2.45) is 0 Å². The molecule has 2 aromatic heterocycles. The van der Waals surface area contributed by atoms with E-state index < -0.39 is 11.9 Å². The molecule has 5 aromatic rings. The molecule has 0 fully saturated rings. The number of alkyl halides is 1. The van der Waals surface area contributed by atoms with E-state index >= 15 is 0 Å². The van der Waals surface area contributed by atoms with Gasteiger partial charge < -0.3 is 14.8 Å². The van der Waals surface area contributed by atoms with Gasteiger partial charge in [-0.05, 0) is 49.2 Å². The van der Waals surface area contributed by atoms with Crippen LogP contribution in [0, 0.1) is 6.92 Å². The Morgan fingerprint density at radius 3 is 2.47 bits per heavy atom. The van der Waals surface area contributed by atoms with Crippen molar-refractivity contribution in [3.8, 4) is 11.5 Å². The number of nitrogens with one attached hydrogen (secondary N) is 2. The predicted octanol–water partition coefficient (Wildman–Crippen LogP) is 5.20. The molecule has 5 rings (SSSR count). The van der Waals surface area contributed by atoms with Crippen LogP contribution in [0.5, 0.6) is 0 Å². The van der Waals surface area contributed by atoms with Gasteiger partial charge in [-0.2, -0.15) is 4.98 Å². The summed E-state index contributed by atoms with van der Waals surface area (Å²) in [5, 5.41) is 7.71. The summed E-state index contributed by atoms with van der Waals surface area (Å²) in [5.41, 5.74) is 3.86. The number of nitrogens with zero attached hydrogens (tertiary/aromatic N) is 3. The first-order chi connectivity index (χ1) is 18.5. The second-order valence-corrected chi connectivity index (χ2v) is 9.08. The van der Waals surface area contributed by atoms with Gasteiger partial charge >= 0.3 is 0 Å². The van der Waals surface area contributed by atoms with Crippen molar-refractivity contribution in [2.45, 2.75) is 19.4 Å². The summed E-state index contributed by atoms with van der Waals surface area (Å²) in [4.78, 5) is 36.0. The lowest BCUT2D eigenvalue weighted by atomic mass is 10.0. The van der Waals surface area contributed by atoms with Crippen molar-refractivity contribution in [1.82, 2.24) is 20.4 Å². The summed E-state index contributed by atoms with van der Waals surface area (Å²) in [6, 6.07) is 23.7. The summed E-state index contributed by atoms with van der Waals surface area (Å²) in [6.45, 7) is 2.16. The lowest BCUT2D eigenvalue weighted by Gasteiger charge is -2.31. The monoisotopic (exact) mass is 527 g/mol. The molecular formula is C29H26ClN5O3. The number of hydrogen-bond donors (Lipinski definition) is 2. The van der Waals surface area contributed by atoms with E-state index in [0.717, 1.165) is 16.5 Å². The number of carbonyl (C=O) groups excluding carboxylic acids is 2. The fourth-order valence-electron chi connectivity index (χ4n) is 4.47. The highest BCUT2D eigenvalue weighted by Gasteiger charge is 2.34. The van der Waals surface area contributed by atoms with Gasteiger partial charge in [-0.25, -0.2) is 0 Å². The van der Waals surface area contributed by atoms with Crippen molar-refractivity contribution < 1.29 is 14.1 Å². The average molecular weight is 528 g/mol. The van der Waals surface area contributed by atoms with E-state index in [2.05, 4.69) is 20.4 Å². The van der Waals surface area contributed by atoms with Gasteiger partial charge in [-0.1, -0.05) is 53.7 Å². The standard InChI is InChI=1S/C29H26ClN5O3/c1-19-33-29(38-34-19)21-11-13-22(14-12-21)35(26(36)17-30)27(24-18-32-25-10-6-5-9-23(24)25)28(37)31-16-15-20-7-3-2-4-8-20/h2-14,18,27,32H,15-17H2,1H3,(H,31,37). The van der Waals surface area contributed by atoms with Crippen LogP contribution in [0.4, 0.5) is 5.69 Å². The quantitative estimate of drug-likeness (QED) is 0.256. The number of H-pyrrole nitrogens is 1. The van der Waals surface area contributed by atoms with Gasteiger partial charge in [0, 0.05) is 40.5 Å².